The SMILES string of the molecule is CC(C)C(=O)OCC1OC(n2cnc3c(=S)nc(N)[nH]c32)C(OC(=O)C(C)C)C1OC(=O)C(C)C. The number of imidazole rings is 1. The van der Waals surface area contributed by atoms with E-state index >= 15 is 0 Å². The first-order valence-electron chi connectivity index (χ1n) is 11.4. The zero-order valence-corrected chi connectivity index (χ0v) is 21.3. The van der Waals surface area contributed by atoms with Crippen LogP contribution in [0.2, 0.25) is 0 Å². The number of anilines is 1. The molecule has 2 aromatic heterocycles. The summed E-state index contributed by atoms with van der Waals surface area (Å²) in [5, 5.41) is 0. The highest BCUT2D eigenvalue weighted by molar-refractivity contribution is 7.71. The molecule has 2 aromatic rings. The standard InChI is InChI=1S/C22H31N5O7S/c1-9(2)19(28)31-7-12-14(33-20(29)10(3)4)15(34-21(30)11(5)6)18(32-12)27-8-24-13-16(27)25-22(23)26-17(13)35/h8-12,14-15,18H,7H2,1-6H3,(H3,23,25,26,35). The van der Waals surface area contributed by atoms with E-state index in [-0.39, 0.29) is 23.1 Å². The number of esters is 3. The van der Waals surface area contributed by atoms with Gasteiger partial charge >= 0.3 is 17.9 Å². The van der Waals surface area contributed by atoms with Crippen molar-refractivity contribution >= 4 is 47.2 Å². The number of nitrogens with one attached hydrogen (secondary N) is 1. The van der Waals surface area contributed by atoms with Gasteiger partial charge in [0.05, 0.1) is 24.1 Å². The van der Waals surface area contributed by atoms with E-state index in [1.807, 2.05) is 0 Å². The highest BCUT2D eigenvalue weighted by Crippen LogP contribution is 2.36. The minimum absolute atomic E-state index is 0.0585. The van der Waals surface area contributed by atoms with Crippen LogP contribution in [0, 0.1) is 22.4 Å². The van der Waals surface area contributed by atoms with Gasteiger partial charge in [0.1, 0.15) is 23.9 Å². The summed E-state index contributed by atoms with van der Waals surface area (Å²) in [7, 11) is 0. The molecule has 4 atom stereocenters. The third-order valence-electron chi connectivity index (χ3n) is 5.33. The van der Waals surface area contributed by atoms with Gasteiger partial charge in [0, 0.05) is 0 Å². The molecule has 1 aliphatic rings. The Labute approximate surface area is 207 Å². The smallest absolute Gasteiger partial charge is 0.308 e. The van der Waals surface area contributed by atoms with Gasteiger partial charge in [-0.25, -0.2) is 9.97 Å². The first-order chi connectivity index (χ1) is 16.4. The quantitative estimate of drug-likeness (QED) is 0.305. The van der Waals surface area contributed by atoms with Crippen molar-refractivity contribution in [2.75, 3.05) is 12.3 Å². The van der Waals surface area contributed by atoms with Crippen molar-refractivity contribution in [1.29, 1.82) is 0 Å². The summed E-state index contributed by atoms with van der Waals surface area (Å²) < 4.78 is 24.8. The third-order valence-corrected chi connectivity index (χ3v) is 5.62. The Bertz CT molecular complexity index is 1160. The molecule has 3 heterocycles. The summed E-state index contributed by atoms with van der Waals surface area (Å²) >= 11 is 5.25. The van der Waals surface area contributed by atoms with Gasteiger partial charge in [0.2, 0.25) is 0 Å². The lowest BCUT2D eigenvalue weighted by Gasteiger charge is -2.26. The predicted octanol–water partition coefficient (Wildman–Crippen LogP) is 2.30. The fourth-order valence-corrected chi connectivity index (χ4v) is 3.60. The number of carbonyl (C=O) groups is 3. The molecule has 192 valence electrons. The summed E-state index contributed by atoms with van der Waals surface area (Å²) in [4.78, 5) is 48.5. The number of nitrogen functional groups attached to an aromatic ring is 1. The van der Waals surface area contributed by atoms with Gasteiger partial charge in [-0.3, -0.25) is 19.0 Å². The molecule has 0 aliphatic carbocycles. The van der Waals surface area contributed by atoms with E-state index in [1.54, 1.807) is 46.1 Å². The van der Waals surface area contributed by atoms with E-state index in [0.717, 1.165) is 0 Å². The van der Waals surface area contributed by atoms with E-state index in [2.05, 4.69) is 15.0 Å². The van der Waals surface area contributed by atoms with Crippen LogP contribution >= 0.6 is 12.2 Å². The Morgan fingerprint density at radius 2 is 1.63 bits per heavy atom. The van der Waals surface area contributed by atoms with Crippen LogP contribution in [0.5, 0.6) is 0 Å². The minimum atomic E-state index is -1.08. The molecular formula is C22H31N5O7S. The number of aromatic nitrogens is 4. The zero-order chi connectivity index (χ0) is 26.0. The molecule has 0 amide bonds. The first-order valence-corrected chi connectivity index (χ1v) is 11.8. The monoisotopic (exact) mass is 509 g/mol. The maximum atomic E-state index is 12.6. The van der Waals surface area contributed by atoms with Crippen molar-refractivity contribution < 1.29 is 33.3 Å². The average molecular weight is 510 g/mol. The summed E-state index contributed by atoms with van der Waals surface area (Å²) in [5.41, 5.74) is 6.58. The number of rotatable bonds is 8. The van der Waals surface area contributed by atoms with Crippen molar-refractivity contribution in [2.24, 2.45) is 17.8 Å². The molecule has 4 unspecified atom stereocenters. The average Bonchev–Trinajstić information content (AvgIpc) is 3.33. The third kappa shape index (κ3) is 5.78. The van der Waals surface area contributed by atoms with Crippen molar-refractivity contribution in [2.45, 2.75) is 66.1 Å². The summed E-state index contributed by atoms with van der Waals surface area (Å²) in [5.74, 6) is -2.71. The van der Waals surface area contributed by atoms with Crippen molar-refractivity contribution in [3.63, 3.8) is 0 Å². The molecule has 3 N–H and O–H groups in total. The molecule has 0 spiro atoms. The molecule has 1 saturated heterocycles. The van der Waals surface area contributed by atoms with E-state index in [0.29, 0.717) is 11.2 Å². The lowest BCUT2D eigenvalue weighted by atomic mass is 10.1. The first kappa shape index (κ1) is 26.5. The molecule has 1 fully saturated rings. The predicted molar refractivity (Wildman–Crippen MR) is 126 cm³/mol. The molecule has 3 rings (SSSR count). The van der Waals surface area contributed by atoms with E-state index in [1.165, 1.54) is 6.33 Å². The number of fused-ring (bicyclic) bond motifs is 1. The Morgan fingerprint density at radius 3 is 2.20 bits per heavy atom. The van der Waals surface area contributed by atoms with Gasteiger partial charge in [-0.1, -0.05) is 53.8 Å². The highest BCUT2D eigenvalue weighted by Gasteiger charge is 2.51. The number of hydrogen-bond acceptors (Lipinski definition) is 11. The van der Waals surface area contributed by atoms with Gasteiger partial charge in [-0.2, -0.15) is 0 Å². The second-order valence-electron chi connectivity index (χ2n) is 9.24. The largest absolute Gasteiger partial charge is 0.463 e. The summed E-state index contributed by atoms with van der Waals surface area (Å²) in [6, 6.07) is 0. The lowest BCUT2D eigenvalue weighted by Crippen LogP contribution is -2.42. The van der Waals surface area contributed by atoms with Crippen LogP contribution in [-0.2, 0) is 33.3 Å². The van der Waals surface area contributed by atoms with Crippen LogP contribution in [0.3, 0.4) is 0 Å². The fourth-order valence-electron chi connectivity index (χ4n) is 3.35. The number of hydrogen-bond donors (Lipinski definition) is 2. The van der Waals surface area contributed by atoms with Crippen LogP contribution in [0.1, 0.15) is 47.8 Å². The summed E-state index contributed by atoms with van der Waals surface area (Å²) in [6.45, 7) is 9.90. The maximum Gasteiger partial charge on any atom is 0.308 e. The fraction of sp³-hybridized carbons (Fsp3) is 0.636. The molecule has 12 nitrogen and oxygen atoms in total. The second kappa shape index (κ2) is 10.7. The number of carbonyl (C=O) groups excluding carboxylic acids is 3. The van der Waals surface area contributed by atoms with Gasteiger partial charge in [0.15, 0.2) is 29.0 Å². The highest BCUT2D eigenvalue weighted by atomic mass is 32.1. The lowest BCUT2D eigenvalue weighted by molar-refractivity contribution is -0.173. The Kier molecular flexibility index (Phi) is 8.11. The topological polar surface area (TPSA) is 161 Å². The van der Waals surface area contributed by atoms with Crippen LogP contribution < -0.4 is 5.73 Å². The number of nitrogens with two attached hydrogens (primary N) is 1. The van der Waals surface area contributed by atoms with Gasteiger partial charge in [-0.15, -0.1) is 0 Å². The van der Waals surface area contributed by atoms with Gasteiger partial charge in [-0.05, 0) is 0 Å². The Balaban J connectivity index is 2.06. The van der Waals surface area contributed by atoms with Crippen LogP contribution in [0.15, 0.2) is 6.33 Å². The Morgan fingerprint density at radius 1 is 1.06 bits per heavy atom. The molecule has 1 aliphatic heterocycles. The molecule has 0 aromatic carbocycles. The number of ether oxygens (including phenoxy) is 4. The molecule has 35 heavy (non-hydrogen) atoms. The van der Waals surface area contributed by atoms with Crippen molar-refractivity contribution in [3.8, 4) is 0 Å². The molecule has 0 bridgehead atoms. The van der Waals surface area contributed by atoms with Gasteiger partial charge < -0.3 is 29.7 Å². The van der Waals surface area contributed by atoms with Crippen molar-refractivity contribution in [1.82, 2.24) is 19.5 Å². The van der Waals surface area contributed by atoms with E-state index in [9.17, 15) is 14.4 Å². The molecular weight excluding hydrogens is 478 g/mol. The number of nitrogens with zero attached hydrogens (tertiary/aromatic N) is 3. The van der Waals surface area contributed by atoms with Crippen molar-refractivity contribution in [3.05, 3.63) is 11.0 Å². The van der Waals surface area contributed by atoms with Crippen LogP contribution in [-0.4, -0.2) is 62.3 Å². The minimum Gasteiger partial charge on any atom is -0.463 e. The van der Waals surface area contributed by atoms with Crippen LogP contribution in [0.25, 0.3) is 11.2 Å². The zero-order valence-electron chi connectivity index (χ0n) is 20.5. The van der Waals surface area contributed by atoms with E-state index < -0.39 is 54.3 Å². The molecule has 0 saturated carbocycles. The molecule has 0 radical (unpaired) electrons. The summed E-state index contributed by atoms with van der Waals surface area (Å²) in [6.07, 6.45) is -2.62. The van der Waals surface area contributed by atoms with Crippen LogP contribution in [0.4, 0.5) is 5.95 Å². The number of aromatic amines is 1. The van der Waals surface area contributed by atoms with E-state index in [4.69, 9.17) is 36.9 Å². The normalized spacial score (nSPS) is 22.2. The maximum absolute atomic E-state index is 12.6. The molecule has 13 heteroatoms. The van der Waals surface area contributed by atoms with Gasteiger partial charge in [0.25, 0.3) is 0 Å². The second-order valence-corrected chi connectivity index (χ2v) is 9.63. The number of H-pyrrole nitrogens is 1. The Hall–Kier alpha value is -3.06.